The van der Waals surface area contributed by atoms with Crippen LogP contribution in [0, 0.1) is 0 Å². The third kappa shape index (κ3) is 9.16. The number of hydrogen-bond acceptors (Lipinski definition) is 0. The molecule has 0 fully saturated rings. The molecule has 0 bridgehead atoms. The minimum Gasteiger partial charge on any atom is -1.00 e. The Balaban J connectivity index is 0. The Morgan fingerprint density at radius 3 is 0.750 bits per heavy atom. The third-order valence-corrected chi connectivity index (χ3v) is 0. The summed E-state index contributed by atoms with van der Waals surface area (Å²) in [5.74, 6) is 0. The van der Waals surface area contributed by atoms with E-state index in [9.17, 15) is 0 Å². The molecule has 0 atom stereocenters. The van der Waals surface area contributed by atoms with Crippen LogP contribution < -0.4 is 88.7 Å². The molecule has 0 rings (SSSR count). The van der Waals surface area contributed by atoms with Gasteiger partial charge in [0.2, 0.25) is 0 Å². The maximum Gasteiger partial charge on any atom is 1.00 e. The number of rotatable bonds is 0. The van der Waals surface area contributed by atoms with Gasteiger partial charge < -0.3 is 4.28 Å². The van der Waals surface area contributed by atoms with Crippen LogP contribution in [0.2, 0.25) is 0 Å². The summed E-state index contributed by atoms with van der Waals surface area (Å²) in [7, 11) is 0. The molecule has 0 saturated heterocycles. The van der Waals surface area contributed by atoms with Crippen molar-refractivity contribution in [1.82, 2.24) is 0 Å². The van der Waals surface area contributed by atoms with Gasteiger partial charge >= 0.3 is 88.7 Å². The van der Waals surface area contributed by atoms with Crippen molar-refractivity contribution in [2.45, 2.75) is 0 Å². The molecule has 0 N–H and O–H groups in total. The molecule has 0 heterocycles. The van der Waals surface area contributed by atoms with Crippen molar-refractivity contribution in [3.05, 3.63) is 0 Å². The number of hydrogen-bond donors (Lipinski definition) is 0. The summed E-state index contributed by atoms with van der Waals surface area (Å²) in [5, 5.41) is 0. The van der Waals surface area contributed by atoms with E-state index in [4.69, 9.17) is 0 Å². The Morgan fingerprint density at radius 2 is 0.750 bits per heavy atom. The van der Waals surface area contributed by atoms with E-state index in [2.05, 4.69) is 0 Å². The van der Waals surface area contributed by atoms with Gasteiger partial charge in [0, 0.05) is 19.5 Å². The van der Waals surface area contributed by atoms with Crippen LogP contribution in [-0.4, -0.2) is 0 Å². The fourth-order valence-corrected chi connectivity index (χ4v) is 0. The van der Waals surface area contributed by atoms with Crippen LogP contribution in [0.3, 0.4) is 0 Å². The zero-order valence-electron chi connectivity index (χ0n) is 6.71. The second-order valence-electron chi connectivity index (χ2n) is 0. The van der Waals surface area contributed by atoms with Gasteiger partial charge in [-0.15, -0.1) is 0 Å². The third-order valence-electron chi connectivity index (χ3n) is 0. The van der Waals surface area contributed by atoms with Gasteiger partial charge in [-0.2, -0.15) is 0 Å². The maximum absolute atomic E-state index is 0. The zero-order valence-corrected chi connectivity index (χ0v) is 12.7. The molecule has 4 heteroatoms. The molecule has 0 unspecified atom stereocenters. The van der Waals surface area contributed by atoms with Gasteiger partial charge in [0.1, 0.15) is 0 Å². The molecule has 8 valence electrons. The summed E-state index contributed by atoms with van der Waals surface area (Å²) in [6.45, 7) is 0. The van der Waals surface area contributed by atoms with Crippen molar-refractivity contribution >= 4 is 0 Å². The van der Waals surface area contributed by atoms with Gasteiger partial charge in [-0.3, -0.25) is 0 Å². The second kappa shape index (κ2) is 16.0. The molecule has 0 aromatic heterocycles. The molecule has 0 aliphatic carbocycles. The van der Waals surface area contributed by atoms with Crippen LogP contribution in [0.4, 0.5) is 0 Å². The smallest absolute Gasteiger partial charge is 1.00 e. The summed E-state index contributed by atoms with van der Waals surface area (Å²) >= 11 is 0. The summed E-state index contributed by atoms with van der Waals surface area (Å²) in [5.41, 5.74) is 0. The molecule has 4 heavy (non-hydrogen) atoms. The average Bonchev–Trinajstić information content (AvgIpc) is 0. The molecule has 0 nitrogen and oxygen atoms in total. The van der Waals surface area contributed by atoms with E-state index in [0.717, 1.165) is 0 Å². The standard InChI is InChI=1S/3Na.Zn.3H/q3*+1;;3*-1. The topological polar surface area (TPSA) is 0 Å². The van der Waals surface area contributed by atoms with Gasteiger partial charge in [-0.25, -0.2) is 0 Å². The van der Waals surface area contributed by atoms with Crippen LogP contribution in [0.1, 0.15) is 4.28 Å². The van der Waals surface area contributed by atoms with Gasteiger partial charge in [-0.1, -0.05) is 0 Å². The molecule has 0 saturated carbocycles. The van der Waals surface area contributed by atoms with E-state index in [0.29, 0.717) is 0 Å². The minimum atomic E-state index is 0. The Labute approximate surface area is 110 Å². The summed E-state index contributed by atoms with van der Waals surface area (Å²) < 4.78 is 0. The predicted octanol–water partition coefficient (Wildman–Crippen LogP) is -8.65. The van der Waals surface area contributed by atoms with Gasteiger partial charge in [0.25, 0.3) is 0 Å². The van der Waals surface area contributed by atoms with E-state index in [-0.39, 0.29) is 112 Å². The monoisotopic (exact) mass is 136 g/mol. The molecule has 0 aliphatic heterocycles. The first-order valence-corrected chi connectivity index (χ1v) is 0. The molecule has 0 amide bonds. The summed E-state index contributed by atoms with van der Waals surface area (Å²) in [6.07, 6.45) is 0. The van der Waals surface area contributed by atoms with Gasteiger partial charge in [-0.05, 0) is 0 Å². The molecule has 0 aromatic carbocycles. The largest absolute Gasteiger partial charge is 1.00 e. The predicted molar refractivity (Wildman–Crippen MR) is 3.34 cm³/mol. The van der Waals surface area contributed by atoms with E-state index in [1.807, 2.05) is 0 Å². The second-order valence-corrected chi connectivity index (χ2v) is 0. The first-order valence-electron chi connectivity index (χ1n) is 0. The van der Waals surface area contributed by atoms with Crippen LogP contribution in [0.25, 0.3) is 0 Å². The van der Waals surface area contributed by atoms with Crippen molar-refractivity contribution in [3.8, 4) is 0 Å². The fourth-order valence-electron chi connectivity index (χ4n) is 0. The molecular formula is H3Na3Zn. The summed E-state index contributed by atoms with van der Waals surface area (Å²) in [4.78, 5) is 0. The van der Waals surface area contributed by atoms with Crippen LogP contribution >= 0.6 is 0 Å². The van der Waals surface area contributed by atoms with Crippen molar-refractivity contribution in [2.24, 2.45) is 0 Å². The molecule has 0 radical (unpaired) electrons. The molecular weight excluding hydrogens is 134 g/mol. The van der Waals surface area contributed by atoms with E-state index < -0.39 is 0 Å². The van der Waals surface area contributed by atoms with Gasteiger partial charge in [0.15, 0.2) is 0 Å². The fraction of sp³-hybridized carbons (Fsp3) is 0. The average molecular weight is 137 g/mol. The molecule has 0 aliphatic rings. The van der Waals surface area contributed by atoms with Crippen molar-refractivity contribution in [3.63, 3.8) is 0 Å². The van der Waals surface area contributed by atoms with Crippen molar-refractivity contribution in [2.75, 3.05) is 0 Å². The van der Waals surface area contributed by atoms with E-state index in [1.165, 1.54) is 0 Å². The normalized spacial score (nSPS) is 0. The van der Waals surface area contributed by atoms with Crippen LogP contribution in [0.5, 0.6) is 0 Å². The van der Waals surface area contributed by atoms with E-state index >= 15 is 0 Å². The van der Waals surface area contributed by atoms with Gasteiger partial charge in [0.05, 0.1) is 0 Å². The zero-order chi connectivity index (χ0) is 0. The summed E-state index contributed by atoms with van der Waals surface area (Å²) in [6, 6.07) is 0. The van der Waals surface area contributed by atoms with Crippen LogP contribution in [-0.2, 0) is 19.5 Å². The Hall–Kier alpha value is 3.62. The van der Waals surface area contributed by atoms with Crippen molar-refractivity contribution in [1.29, 1.82) is 0 Å². The van der Waals surface area contributed by atoms with E-state index in [1.54, 1.807) is 0 Å². The molecule has 0 aromatic rings. The first-order chi connectivity index (χ1) is 0. The SMILES string of the molecule is [H-].[H-].[H-].[Na+].[Na+].[Na+].[Zn]. The minimum absolute atomic E-state index is 0. The maximum atomic E-state index is 0. The Kier molecular flexibility index (Phi) is 102. The van der Waals surface area contributed by atoms with Crippen molar-refractivity contribution < 1.29 is 112 Å². The Bertz CT molecular complexity index is 10.1. The Morgan fingerprint density at radius 1 is 0.750 bits per heavy atom. The quantitative estimate of drug-likeness (QED) is 0.291. The molecule has 0 spiro atoms. The van der Waals surface area contributed by atoms with Crippen LogP contribution in [0.15, 0.2) is 0 Å². The first kappa shape index (κ1) is 25.5.